The molecule has 4 rings (SSSR count). The highest BCUT2D eigenvalue weighted by Crippen LogP contribution is 2.40. The molecule has 0 saturated carbocycles. The van der Waals surface area contributed by atoms with Crippen molar-refractivity contribution < 1.29 is 19.0 Å². The maximum atomic E-state index is 12.0. The minimum atomic E-state index is -0.163. The molecule has 1 atom stereocenters. The summed E-state index contributed by atoms with van der Waals surface area (Å²) in [5.41, 5.74) is 3.42. The third-order valence-corrected chi connectivity index (χ3v) is 4.70. The minimum absolute atomic E-state index is 0.155. The maximum absolute atomic E-state index is 12.0. The molecule has 3 aliphatic heterocycles. The summed E-state index contributed by atoms with van der Waals surface area (Å²) in [6.45, 7) is 3.24. The first-order valence-electron chi connectivity index (χ1n) is 8.38. The fourth-order valence-corrected chi connectivity index (χ4v) is 3.51. The molecule has 0 spiro atoms. The summed E-state index contributed by atoms with van der Waals surface area (Å²) in [4.78, 5) is 12.0. The van der Waals surface area contributed by atoms with E-state index in [4.69, 9.17) is 14.2 Å². The first kappa shape index (κ1) is 14.6. The number of hydrogen-bond donors (Lipinski definition) is 2. The summed E-state index contributed by atoms with van der Waals surface area (Å²) >= 11 is 0. The van der Waals surface area contributed by atoms with Gasteiger partial charge in [0.05, 0.1) is 19.3 Å². The summed E-state index contributed by atoms with van der Waals surface area (Å²) in [7, 11) is 0. The normalized spacial score (nSPS) is 21.3. The molecule has 1 saturated heterocycles. The van der Waals surface area contributed by atoms with E-state index in [1.165, 1.54) is 11.1 Å². The number of amides is 2. The first-order chi connectivity index (χ1) is 11.3. The number of hydrogen-bond acceptors (Lipinski definition) is 4. The van der Waals surface area contributed by atoms with Crippen molar-refractivity contribution in [3.8, 4) is 11.5 Å². The van der Waals surface area contributed by atoms with Gasteiger partial charge in [-0.1, -0.05) is 0 Å². The Labute approximate surface area is 135 Å². The van der Waals surface area contributed by atoms with Crippen molar-refractivity contribution in [1.82, 2.24) is 10.6 Å². The van der Waals surface area contributed by atoms with Crippen LogP contribution in [0.15, 0.2) is 6.07 Å². The zero-order valence-corrected chi connectivity index (χ0v) is 13.2. The van der Waals surface area contributed by atoms with Gasteiger partial charge in [-0.3, -0.25) is 0 Å². The predicted octanol–water partition coefficient (Wildman–Crippen LogP) is 1.53. The second-order valence-electron chi connectivity index (χ2n) is 6.22. The molecule has 0 bridgehead atoms. The Balaban J connectivity index is 1.40. The van der Waals surface area contributed by atoms with Gasteiger partial charge < -0.3 is 24.8 Å². The predicted molar refractivity (Wildman–Crippen MR) is 84.1 cm³/mol. The van der Waals surface area contributed by atoms with Crippen LogP contribution in [0.3, 0.4) is 0 Å². The summed E-state index contributed by atoms with van der Waals surface area (Å²) in [6, 6.07) is 1.93. The van der Waals surface area contributed by atoms with Crippen LogP contribution in [0.5, 0.6) is 11.5 Å². The van der Waals surface area contributed by atoms with E-state index in [-0.39, 0.29) is 12.1 Å². The molecule has 23 heavy (non-hydrogen) atoms. The van der Waals surface area contributed by atoms with Crippen molar-refractivity contribution in [2.75, 3.05) is 26.4 Å². The number of carbonyl (C=O) groups is 1. The average Bonchev–Trinajstić information content (AvgIpc) is 3.29. The maximum Gasteiger partial charge on any atom is 0.315 e. The molecule has 124 valence electrons. The monoisotopic (exact) mass is 318 g/mol. The molecule has 1 aromatic rings. The van der Waals surface area contributed by atoms with Crippen LogP contribution in [-0.2, 0) is 24.1 Å². The first-order valence-corrected chi connectivity index (χ1v) is 8.38. The van der Waals surface area contributed by atoms with Crippen LogP contribution in [0.25, 0.3) is 0 Å². The van der Waals surface area contributed by atoms with E-state index in [1.807, 2.05) is 0 Å². The smallest absolute Gasteiger partial charge is 0.315 e. The molecule has 1 unspecified atom stereocenters. The summed E-state index contributed by atoms with van der Waals surface area (Å²) in [5.74, 6) is 1.89. The largest absolute Gasteiger partial charge is 0.493 e. The van der Waals surface area contributed by atoms with Gasteiger partial charge in [0.25, 0.3) is 0 Å². The van der Waals surface area contributed by atoms with Gasteiger partial charge in [-0.15, -0.1) is 0 Å². The van der Waals surface area contributed by atoms with Crippen LogP contribution >= 0.6 is 0 Å². The van der Waals surface area contributed by atoms with Gasteiger partial charge in [0.1, 0.15) is 11.5 Å². The van der Waals surface area contributed by atoms with E-state index in [0.717, 1.165) is 49.4 Å². The van der Waals surface area contributed by atoms with Crippen LogP contribution in [0.4, 0.5) is 4.79 Å². The zero-order chi connectivity index (χ0) is 15.6. The Bertz CT molecular complexity index is 579. The molecular formula is C17H22N2O4. The molecule has 2 N–H and O–H groups in total. The number of ether oxygens (including phenoxy) is 3. The standard InChI is InChI=1S/C17H22N2O4/c20-17(18-9-12-2-1-5-21-12)19-10-14-13-4-7-22-15(13)8-11-3-6-23-16(11)14/h8,12H,1-7,9-10H2,(H2,18,19,20). The van der Waals surface area contributed by atoms with E-state index < -0.39 is 0 Å². The van der Waals surface area contributed by atoms with Gasteiger partial charge in [-0.25, -0.2) is 4.79 Å². The van der Waals surface area contributed by atoms with Crippen molar-refractivity contribution in [3.63, 3.8) is 0 Å². The van der Waals surface area contributed by atoms with Crippen molar-refractivity contribution in [3.05, 3.63) is 22.8 Å². The lowest BCUT2D eigenvalue weighted by molar-refractivity contribution is 0.111. The molecule has 3 aliphatic rings. The van der Waals surface area contributed by atoms with Crippen LogP contribution in [0.1, 0.15) is 29.5 Å². The Morgan fingerprint density at radius 3 is 2.96 bits per heavy atom. The second-order valence-corrected chi connectivity index (χ2v) is 6.22. The Hall–Kier alpha value is -1.95. The highest BCUT2D eigenvalue weighted by Gasteiger charge is 2.26. The van der Waals surface area contributed by atoms with Crippen LogP contribution in [0.2, 0.25) is 0 Å². The Kier molecular flexibility index (Phi) is 3.99. The Morgan fingerprint density at radius 2 is 2.09 bits per heavy atom. The van der Waals surface area contributed by atoms with E-state index >= 15 is 0 Å². The number of rotatable bonds is 4. The molecule has 2 amide bonds. The molecule has 0 aromatic heterocycles. The molecule has 6 nitrogen and oxygen atoms in total. The van der Waals surface area contributed by atoms with E-state index in [0.29, 0.717) is 26.3 Å². The Morgan fingerprint density at radius 1 is 1.17 bits per heavy atom. The molecule has 1 aromatic carbocycles. The van der Waals surface area contributed by atoms with Gasteiger partial charge in [-0.05, 0) is 18.9 Å². The van der Waals surface area contributed by atoms with E-state index in [9.17, 15) is 4.79 Å². The van der Waals surface area contributed by atoms with Crippen molar-refractivity contribution in [2.24, 2.45) is 0 Å². The lowest BCUT2D eigenvalue weighted by Crippen LogP contribution is -2.39. The van der Waals surface area contributed by atoms with Crippen molar-refractivity contribution in [2.45, 2.75) is 38.3 Å². The van der Waals surface area contributed by atoms with Gasteiger partial charge in [-0.2, -0.15) is 0 Å². The van der Waals surface area contributed by atoms with E-state index in [1.54, 1.807) is 0 Å². The molecule has 1 fully saturated rings. The lowest BCUT2D eigenvalue weighted by atomic mass is 9.99. The molecule has 3 heterocycles. The number of fused-ring (bicyclic) bond motifs is 2. The summed E-state index contributed by atoms with van der Waals surface area (Å²) in [6.07, 6.45) is 4.03. The van der Waals surface area contributed by atoms with Gasteiger partial charge in [0.2, 0.25) is 0 Å². The molecule has 0 radical (unpaired) electrons. The minimum Gasteiger partial charge on any atom is -0.493 e. The van der Waals surface area contributed by atoms with Crippen molar-refractivity contribution >= 4 is 6.03 Å². The van der Waals surface area contributed by atoms with E-state index in [2.05, 4.69) is 16.7 Å². The highest BCUT2D eigenvalue weighted by molar-refractivity contribution is 5.74. The summed E-state index contributed by atoms with van der Waals surface area (Å²) < 4.78 is 17.0. The average molecular weight is 318 g/mol. The van der Waals surface area contributed by atoms with Gasteiger partial charge >= 0.3 is 6.03 Å². The molecule has 0 aliphatic carbocycles. The fourth-order valence-electron chi connectivity index (χ4n) is 3.51. The van der Waals surface area contributed by atoms with Crippen LogP contribution in [0, 0.1) is 0 Å². The molecule has 6 heteroatoms. The third-order valence-electron chi connectivity index (χ3n) is 4.70. The van der Waals surface area contributed by atoms with Crippen LogP contribution < -0.4 is 20.1 Å². The lowest BCUT2D eigenvalue weighted by Gasteiger charge is -2.15. The van der Waals surface area contributed by atoms with Crippen LogP contribution in [-0.4, -0.2) is 38.5 Å². The number of carbonyl (C=O) groups excluding carboxylic acids is 1. The SMILES string of the molecule is O=C(NCc1c2c(cc3c1OCC3)OCC2)NCC1CCCO1. The topological polar surface area (TPSA) is 68.8 Å². The van der Waals surface area contributed by atoms with Gasteiger partial charge in [0, 0.05) is 49.2 Å². The number of benzene rings is 1. The number of nitrogens with one attached hydrogen (secondary N) is 2. The number of urea groups is 1. The van der Waals surface area contributed by atoms with Gasteiger partial charge in [0.15, 0.2) is 0 Å². The fraction of sp³-hybridized carbons (Fsp3) is 0.588. The summed E-state index contributed by atoms with van der Waals surface area (Å²) in [5, 5.41) is 5.82. The zero-order valence-electron chi connectivity index (χ0n) is 13.2. The highest BCUT2D eigenvalue weighted by atomic mass is 16.5. The molecular weight excluding hydrogens is 296 g/mol. The third kappa shape index (κ3) is 2.95. The van der Waals surface area contributed by atoms with Crippen molar-refractivity contribution in [1.29, 1.82) is 0 Å². The quantitative estimate of drug-likeness (QED) is 0.883. The second kappa shape index (κ2) is 6.28.